The number of hydrogen-bond acceptors (Lipinski definition) is 5. The van der Waals surface area contributed by atoms with Gasteiger partial charge in [-0.25, -0.2) is 9.37 Å². The van der Waals surface area contributed by atoms with E-state index in [0.29, 0.717) is 37.0 Å². The summed E-state index contributed by atoms with van der Waals surface area (Å²) in [5.74, 6) is 2.02. The van der Waals surface area contributed by atoms with E-state index in [2.05, 4.69) is 10.3 Å². The van der Waals surface area contributed by atoms with Crippen LogP contribution in [0.1, 0.15) is 30.8 Å². The first-order valence-electron chi connectivity index (χ1n) is 9.48. The Balaban J connectivity index is 1.31. The molecular formula is C22H21FN2O4. The van der Waals surface area contributed by atoms with Crippen LogP contribution in [0.5, 0.6) is 11.5 Å². The first-order chi connectivity index (χ1) is 14.1. The molecule has 1 amide bonds. The van der Waals surface area contributed by atoms with Crippen LogP contribution in [0.4, 0.5) is 4.39 Å². The van der Waals surface area contributed by atoms with E-state index in [1.54, 1.807) is 18.3 Å². The number of aryl methyl sites for hydroxylation is 1. The molecule has 150 valence electrons. The lowest BCUT2D eigenvalue weighted by molar-refractivity contribution is -0.121. The average molecular weight is 396 g/mol. The lowest BCUT2D eigenvalue weighted by Gasteiger charge is -2.21. The monoisotopic (exact) mass is 396 g/mol. The molecule has 0 unspecified atom stereocenters. The summed E-state index contributed by atoms with van der Waals surface area (Å²) in [7, 11) is 0. The minimum atomic E-state index is -0.308. The number of fused-ring (bicyclic) bond motifs is 1. The molecular weight excluding hydrogens is 375 g/mol. The number of ether oxygens (including phenoxy) is 2. The van der Waals surface area contributed by atoms with Crippen molar-refractivity contribution in [3.05, 3.63) is 65.9 Å². The zero-order chi connectivity index (χ0) is 20.2. The molecule has 1 aromatic heterocycles. The maximum atomic E-state index is 13.0. The van der Waals surface area contributed by atoms with Crippen molar-refractivity contribution in [1.82, 2.24) is 10.3 Å². The van der Waals surface area contributed by atoms with Crippen molar-refractivity contribution in [2.24, 2.45) is 0 Å². The second-order valence-corrected chi connectivity index (χ2v) is 6.82. The second-order valence-electron chi connectivity index (χ2n) is 6.82. The largest absolute Gasteiger partial charge is 0.486 e. The summed E-state index contributed by atoms with van der Waals surface area (Å²) in [4.78, 5) is 16.5. The number of carbonyl (C=O) groups excluding carboxylic acids is 1. The molecule has 0 saturated carbocycles. The average Bonchev–Trinajstić information content (AvgIpc) is 3.21. The number of carbonyl (C=O) groups is 1. The van der Waals surface area contributed by atoms with E-state index in [1.165, 1.54) is 12.1 Å². The Kier molecular flexibility index (Phi) is 5.46. The highest BCUT2D eigenvalue weighted by atomic mass is 19.1. The van der Waals surface area contributed by atoms with Gasteiger partial charge in [-0.2, -0.15) is 0 Å². The van der Waals surface area contributed by atoms with Gasteiger partial charge in [0, 0.05) is 18.4 Å². The quantitative estimate of drug-likeness (QED) is 0.680. The van der Waals surface area contributed by atoms with E-state index in [1.807, 2.05) is 25.1 Å². The Morgan fingerprint density at radius 3 is 2.69 bits per heavy atom. The summed E-state index contributed by atoms with van der Waals surface area (Å²) in [6, 6.07) is 11.5. The van der Waals surface area contributed by atoms with Crippen molar-refractivity contribution >= 4 is 5.91 Å². The number of benzene rings is 2. The third kappa shape index (κ3) is 4.56. The van der Waals surface area contributed by atoms with Gasteiger partial charge in [0.05, 0.1) is 12.2 Å². The van der Waals surface area contributed by atoms with Crippen LogP contribution in [0.3, 0.4) is 0 Å². The van der Waals surface area contributed by atoms with Gasteiger partial charge >= 0.3 is 0 Å². The van der Waals surface area contributed by atoms with E-state index in [0.717, 1.165) is 16.9 Å². The summed E-state index contributed by atoms with van der Waals surface area (Å²) in [6.45, 7) is 2.98. The number of nitrogens with zero attached hydrogens (tertiary/aromatic N) is 1. The van der Waals surface area contributed by atoms with Crippen molar-refractivity contribution in [1.29, 1.82) is 0 Å². The molecule has 0 bridgehead atoms. The van der Waals surface area contributed by atoms with Gasteiger partial charge < -0.3 is 19.2 Å². The van der Waals surface area contributed by atoms with Crippen LogP contribution in [0.15, 0.2) is 53.1 Å². The third-order valence-corrected chi connectivity index (χ3v) is 4.69. The fraction of sp³-hybridized carbons (Fsp3) is 0.273. The zero-order valence-electron chi connectivity index (χ0n) is 16.0. The minimum Gasteiger partial charge on any atom is -0.486 e. The van der Waals surface area contributed by atoms with Gasteiger partial charge in [0.1, 0.15) is 19.0 Å². The van der Waals surface area contributed by atoms with Crippen LogP contribution in [0, 0.1) is 5.82 Å². The second kappa shape index (κ2) is 8.34. The van der Waals surface area contributed by atoms with Crippen molar-refractivity contribution < 1.29 is 23.1 Å². The smallest absolute Gasteiger partial charge is 0.220 e. The normalized spacial score (nSPS) is 13.7. The third-order valence-electron chi connectivity index (χ3n) is 4.69. The van der Waals surface area contributed by atoms with Crippen LogP contribution in [-0.4, -0.2) is 24.1 Å². The topological polar surface area (TPSA) is 73.6 Å². The number of halogens is 1. The van der Waals surface area contributed by atoms with Crippen LogP contribution >= 0.6 is 0 Å². The predicted octanol–water partition coefficient (Wildman–Crippen LogP) is 4.06. The Labute approximate surface area is 167 Å². The zero-order valence-corrected chi connectivity index (χ0v) is 16.0. The number of oxazole rings is 1. The number of aromatic nitrogens is 1. The molecule has 0 aliphatic carbocycles. The fourth-order valence-corrected chi connectivity index (χ4v) is 3.12. The Hall–Kier alpha value is -3.35. The van der Waals surface area contributed by atoms with E-state index >= 15 is 0 Å². The molecule has 0 spiro atoms. The van der Waals surface area contributed by atoms with Crippen LogP contribution in [0.25, 0.3) is 11.3 Å². The summed E-state index contributed by atoms with van der Waals surface area (Å²) in [5, 5.41) is 2.97. The summed E-state index contributed by atoms with van der Waals surface area (Å²) in [5.41, 5.74) is 1.68. The summed E-state index contributed by atoms with van der Waals surface area (Å²) < 4.78 is 29.8. The van der Waals surface area contributed by atoms with Gasteiger partial charge in [-0.15, -0.1) is 0 Å². The molecule has 6 nitrogen and oxygen atoms in total. The van der Waals surface area contributed by atoms with Gasteiger partial charge in [-0.05, 0) is 48.9 Å². The Bertz CT molecular complexity index is 1000. The molecule has 3 aromatic rings. The molecule has 0 fully saturated rings. The highest BCUT2D eigenvalue weighted by molar-refractivity contribution is 5.76. The molecule has 1 aliphatic rings. The summed E-state index contributed by atoms with van der Waals surface area (Å²) >= 11 is 0. The molecule has 2 heterocycles. The molecule has 0 saturated heterocycles. The molecule has 2 aromatic carbocycles. The first kappa shape index (κ1) is 19.0. The van der Waals surface area contributed by atoms with Crippen molar-refractivity contribution in [2.75, 3.05) is 13.2 Å². The highest BCUT2D eigenvalue weighted by Crippen LogP contribution is 2.32. The van der Waals surface area contributed by atoms with E-state index < -0.39 is 0 Å². The maximum absolute atomic E-state index is 13.0. The molecule has 7 heteroatoms. The molecule has 1 N–H and O–H groups in total. The maximum Gasteiger partial charge on any atom is 0.220 e. The standard InChI is InChI=1S/C22H21FN2O4/c1-14(16-4-7-18-19(12-16)28-11-10-27-18)25-21(26)8-9-22-24-13-20(29-22)15-2-5-17(23)6-3-15/h2-7,12-14H,8-11H2,1H3,(H,25,26)/t14-/m0/s1. The van der Waals surface area contributed by atoms with Gasteiger partial charge in [-0.1, -0.05) is 6.07 Å². The van der Waals surface area contributed by atoms with E-state index in [9.17, 15) is 9.18 Å². The van der Waals surface area contributed by atoms with E-state index in [-0.39, 0.29) is 24.2 Å². The number of nitrogens with one attached hydrogen (secondary N) is 1. The van der Waals surface area contributed by atoms with Crippen molar-refractivity contribution in [2.45, 2.75) is 25.8 Å². The summed E-state index contributed by atoms with van der Waals surface area (Å²) in [6.07, 6.45) is 2.21. The van der Waals surface area contributed by atoms with Gasteiger partial charge in [-0.3, -0.25) is 4.79 Å². The number of rotatable bonds is 6. The van der Waals surface area contributed by atoms with Gasteiger partial charge in [0.15, 0.2) is 23.1 Å². The lowest BCUT2D eigenvalue weighted by Crippen LogP contribution is -2.27. The van der Waals surface area contributed by atoms with Crippen molar-refractivity contribution in [3.63, 3.8) is 0 Å². The molecule has 1 atom stereocenters. The Morgan fingerprint density at radius 2 is 1.90 bits per heavy atom. The molecule has 4 rings (SSSR count). The predicted molar refractivity (Wildman–Crippen MR) is 104 cm³/mol. The van der Waals surface area contributed by atoms with E-state index in [4.69, 9.17) is 13.9 Å². The SMILES string of the molecule is C[C@H](NC(=O)CCc1ncc(-c2ccc(F)cc2)o1)c1ccc2c(c1)OCCO2. The molecule has 29 heavy (non-hydrogen) atoms. The number of hydrogen-bond donors (Lipinski definition) is 1. The van der Waals surface area contributed by atoms with Crippen molar-refractivity contribution in [3.8, 4) is 22.8 Å². The lowest BCUT2D eigenvalue weighted by atomic mass is 10.1. The van der Waals surface area contributed by atoms with Gasteiger partial charge in [0.25, 0.3) is 0 Å². The minimum absolute atomic E-state index is 0.103. The van der Waals surface area contributed by atoms with Crippen LogP contribution < -0.4 is 14.8 Å². The van der Waals surface area contributed by atoms with Gasteiger partial charge in [0.2, 0.25) is 5.91 Å². The van der Waals surface area contributed by atoms with Crippen LogP contribution in [-0.2, 0) is 11.2 Å². The highest BCUT2D eigenvalue weighted by Gasteiger charge is 2.16. The fourth-order valence-electron chi connectivity index (χ4n) is 3.12. The molecule has 0 radical (unpaired) electrons. The first-order valence-corrected chi connectivity index (χ1v) is 9.48. The Morgan fingerprint density at radius 1 is 1.14 bits per heavy atom. The number of amides is 1. The van der Waals surface area contributed by atoms with Crippen LogP contribution in [0.2, 0.25) is 0 Å². The molecule has 1 aliphatic heterocycles.